The van der Waals surface area contributed by atoms with Crippen molar-refractivity contribution in [1.82, 2.24) is 20.0 Å². The maximum atomic E-state index is 12.7. The van der Waals surface area contributed by atoms with Crippen molar-refractivity contribution in [2.24, 2.45) is 0 Å². The van der Waals surface area contributed by atoms with Crippen LogP contribution < -0.4 is 0 Å². The summed E-state index contributed by atoms with van der Waals surface area (Å²) in [6.45, 7) is 0. The van der Waals surface area contributed by atoms with Gasteiger partial charge in [0.15, 0.2) is 0 Å². The third-order valence-electron chi connectivity index (χ3n) is 5.87. The highest BCUT2D eigenvalue weighted by atomic mass is 16.5. The maximum Gasteiger partial charge on any atom is 0.227 e. The molecule has 1 aliphatic carbocycles. The minimum atomic E-state index is 0.136. The molecule has 150 valence electrons. The molecule has 0 N–H and O–H groups in total. The zero-order chi connectivity index (χ0) is 20.1. The van der Waals surface area contributed by atoms with Gasteiger partial charge in [-0.25, -0.2) is 0 Å². The standard InChI is InChI=1S/C23H26N4O2/c1-27(20-9-7-18(8-10-20)17-5-3-2-4-6-17)22(28)12-11-21-25-23(26-29-21)19-13-15-24-16-14-19/h2-6,13-16,18,20H,7-12H2,1H3. The summed E-state index contributed by atoms with van der Waals surface area (Å²) in [7, 11) is 1.92. The lowest BCUT2D eigenvalue weighted by Gasteiger charge is -2.35. The van der Waals surface area contributed by atoms with E-state index in [-0.39, 0.29) is 5.91 Å². The minimum absolute atomic E-state index is 0.136. The lowest BCUT2D eigenvalue weighted by molar-refractivity contribution is -0.132. The van der Waals surface area contributed by atoms with E-state index in [1.54, 1.807) is 12.4 Å². The number of nitrogens with zero attached hydrogens (tertiary/aromatic N) is 4. The Hall–Kier alpha value is -3.02. The molecule has 0 bridgehead atoms. The van der Waals surface area contributed by atoms with Gasteiger partial charge < -0.3 is 9.42 Å². The Morgan fingerprint density at radius 1 is 1.07 bits per heavy atom. The van der Waals surface area contributed by atoms with E-state index in [9.17, 15) is 4.79 Å². The number of aromatic nitrogens is 3. The fourth-order valence-electron chi connectivity index (χ4n) is 4.09. The average Bonchev–Trinajstić information content (AvgIpc) is 3.27. The number of carbonyl (C=O) groups excluding carboxylic acids is 1. The van der Waals surface area contributed by atoms with Crippen LogP contribution in [-0.2, 0) is 11.2 Å². The summed E-state index contributed by atoms with van der Waals surface area (Å²) in [5.74, 6) is 1.77. The van der Waals surface area contributed by atoms with Gasteiger partial charge in [-0.1, -0.05) is 35.5 Å². The third kappa shape index (κ3) is 4.70. The fraction of sp³-hybridized carbons (Fsp3) is 0.391. The van der Waals surface area contributed by atoms with E-state index >= 15 is 0 Å². The summed E-state index contributed by atoms with van der Waals surface area (Å²) in [5, 5.41) is 4.00. The second kappa shape index (κ2) is 8.99. The SMILES string of the molecule is CN(C(=O)CCc1nc(-c2ccncc2)no1)C1CCC(c2ccccc2)CC1. The van der Waals surface area contributed by atoms with Gasteiger partial charge in [-0.15, -0.1) is 0 Å². The molecule has 0 spiro atoms. The smallest absolute Gasteiger partial charge is 0.227 e. The molecule has 2 aromatic heterocycles. The van der Waals surface area contributed by atoms with Gasteiger partial charge in [0, 0.05) is 43.9 Å². The molecule has 0 aliphatic heterocycles. The summed E-state index contributed by atoms with van der Waals surface area (Å²) in [5.41, 5.74) is 2.27. The topological polar surface area (TPSA) is 72.1 Å². The van der Waals surface area contributed by atoms with Crippen LogP contribution in [0.5, 0.6) is 0 Å². The van der Waals surface area contributed by atoms with E-state index in [1.165, 1.54) is 5.56 Å². The number of aryl methyl sites for hydroxylation is 1. The first-order valence-electron chi connectivity index (χ1n) is 10.2. The van der Waals surface area contributed by atoms with Crippen LogP contribution in [0.25, 0.3) is 11.4 Å². The zero-order valence-electron chi connectivity index (χ0n) is 16.7. The van der Waals surface area contributed by atoms with Crippen molar-refractivity contribution in [3.05, 3.63) is 66.3 Å². The zero-order valence-corrected chi connectivity index (χ0v) is 16.7. The van der Waals surface area contributed by atoms with Crippen molar-refractivity contribution in [3.8, 4) is 11.4 Å². The number of benzene rings is 1. The van der Waals surface area contributed by atoms with Gasteiger partial charge in [-0.05, 0) is 49.3 Å². The van der Waals surface area contributed by atoms with E-state index in [2.05, 4.69) is 45.5 Å². The number of pyridine rings is 1. The predicted molar refractivity (Wildman–Crippen MR) is 110 cm³/mol. The Morgan fingerprint density at radius 2 is 1.79 bits per heavy atom. The van der Waals surface area contributed by atoms with Crippen LogP contribution in [-0.4, -0.2) is 39.0 Å². The lowest BCUT2D eigenvalue weighted by Crippen LogP contribution is -2.39. The van der Waals surface area contributed by atoms with Crippen LogP contribution in [0.4, 0.5) is 0 Å². The Kier molecular flexibility index (Phi) is 5.98. The molecule has 0 radical (unpaired) electrons. The lowest BCUT2D eigenvalue weighted by atomic mass is 9.81. The van der Waals surface area contributed by atoms with Crippen LogP contribution in [0.2, 0.25) is 0 Å². The van der Waals surface area contributed by atoms with Crippen LogP contribution in [0, 0.1) is 0 Å². The second-order valence-corrected chi connectivity index (χ2v) is 7.67. The first kappa shape index (κ1) is 19.3. The van der Waals surface area contributed by atoms with Crippen LogP contribution in [0.3, 0.4) is 0 Å². The van der Waals surface area contributed by atoms with E-state index in [4.69, 9.17) is 4.52 Å². The molecule has 0 saturated heterocycles. The van der Waals surface area contributed by atoms with Crippen molar-refractivity contribution >= 4 is 5.91 Å². The first-order chi connectivity index (χ1) is 14.2. The largest absolute Gasteiger partial charge is 0.343 e. The normalized spacial score (nSPS) is 19.1. The minimum Gasteiger partial charge on any atom is -0.343 e. The van der Waals surface area contributed by atoms with Gasteiger partial charge in [0.05, 0.1) is 0 Å². The Balaban J connectivity index is 1.27. The molecular weight excluding hydrogens is 364 g/mol. The molecular formula is C23H26N4O2. The third-order valence-corrected chi connectivity index (χ3v) is 5.87. The van der Waals surface area contributed by atoms with Crippen molar-refractivity contribution in [1.29, 1.82) is 0 Å². The summed E-state index contributed by atoms with van der Waals surface area (Å²) in [6, 6.07) is 14.7. The molecule has 1 fully saturated rings. The summed E-state index contributed by atoms with van der Waals surface area (Å²) in [4.78, 5) is 23.0. The number of hydrogen-bond acceptors (Lipinski definition) is 5. The van der Waals surface area contributed by atoms with E-state index in [1.807, 2.05) is 24.1 Å². The van der Waals surface area contributed by atoms with E-state index < -0.39 is 0 Å². The molecule has 29 heavy (non-hydrogen) atoms. The van der Waals surface area contributed by atoms with Gasteiger partial charge in [-0.2, -0.15) is 4.98 Å². The summed E-state index contributed by atoms with van der Waals surface area (Å²) in [6.07, 6.45) is 8.58. The first-order valence-corrected chi connectivity index (χ1v) is 10.2. The van der Waals surface area contributed by atoms with Gasteiger partial charge in [0.1, 0.15) is 0 Å². The predicted octanol–water partition coefficient (Wildman–Crippen LogP) is 4.25. The Morgan fingerprint density at radius 3 is 2.52 bits per heavy atom. The molecule has 1 amide bonds. The molecule has 4 rings (SSSR count). The number of hydrogen-bond donors (Lipinski definition) is 0. The molecule has 0 atom stereocenters. The van der Waals surface area contributed by atoms with E-state index in [0.29, 0.717) is 36.5 Å². The molecule has 3 aromatic rings. The second-order valence-electron chi connectivity index (χ2n) is 7.67. The van der Waals surface area contributed by atoms with Crippen molar-refractivity contribution in [2.45, 2.75) is 50.5 Å². The highest BCUT2D eigenvalue weighted by Gasteiger charge is 2.27. The van der Waals surface area contributed by atoms with Gasteiger partial charge >= 0.3 is 0 Å². The Labute approximate surface area is 171 Å². The summed E-state index contributed by atoms with van der Waals surface area (Å²) >= 11 is 0. The molecule has 2 heterocycles. The maximum absolute atomic E-state index is 12.7. The van der Waals surface area contributed by atoms with E-state index in [0.717, 1.165) is 31.2 Å². The van der Waals surface area contributed by atoms with Crippen LogP contribution >= 0.6 is 0 Å². The highest BCUT2D eigenvalue weighted by molar-refractivity contribution is 5.76. The molecule has 1 aliphatic rings. The van der Waals surface area contributed by atoms with Crippen molar-refractivity contribution in [3.63, 3.8) is 0 Å². The monoisotopic (exact) mass is 390 g/mol. The average molecular weight is 390 g/mol. The van der Waals surface area contributed by atoms with Gasteiger partial charge in [0.2, 0.25) is 17.6 Å². The van der Waals surface area contributed by atoms with Crippen molar-refractivity contribution < 1.29 is 9.32 Å². The van der Waals surface area contributed by atoms with Gasteiger partial charge in [0.25, 0.3) is 0 Å². The number of rotatable bonds is 6. The quantitative estimate of drug-likeness (QED) is 0.629. The highest BCUT2D eigenvalue weighted by Crippen LogP contribution is 2.34. The van der Waals surface area contributed by atoms with Gasteiger partial charge in [-0.3, -0.25) is 9.78 Å². The van der Waals surface area contributed by atoms with Crippen LogP contribution in [0.15, 0.2) is 59.4 Å². The molecule has 1 aromatic carbocycles. The van der Waals surface area contributed by atoms with Crippen LogP contribution in [0.1, 0.15) is 49.5 Å². The number of carbonyl (C=O) groups is 1. The molecule has 0 unspecified atom stereocenters. The fourth-order valence-corrected chi connectivity index (χ4v) is 4.09. The molecule has 6 heteroatoms. The Bertz CT molecular complexity index is 918. The molecule has 1 saturated carbocycles. The van der Waals surface area contributed by atoms with Crippen molar-refractivity contribution in [2.75, 3.05) is 7.05 Å². The molecule has 6 nitrogen and oxygen atoms in total. The summed E-state index contributed by atoms with van der Waals surface area (Å²) < 4.78 is 5.31. The number of amides is 1.